The molecule has 1 aliphatic heterocycles. The number of nitrogens with zero attached hydrogens (tertiary/aromatic N) is 1. The number of amides is 5. The number of aliphatic imine (C=N–C) groups is 1. The molecular formula is C27H32ClFN4O5. The Hall–Kier alpha value is -3.79. The van der Waals surface area contributed by atoms with E-state index in [2.05, 4.69) is 15.6 Å². The molecule has 1 aliphatic rings. The molecule has 0 spiro atoms. The number of nitrogens with two attached hydrogens (primary N) is 1. The summed E-state index contributed by atoms with van der Waals surface area (Å²) in [4.78, 5) is 49.5. The maximum atomic E-state index is 13.5. The minimum Gasteiger partial charge on any atom is -0.507 e. The number of imide groups is 2. The Bertz CT molecular complexity index is 1180. The first-order valence-corrected chi connectivity index (χ1v) is 12.7. The smallest absolute Gasteiger partial charge is 0.328 e. The maximum Gasteiger partial charge on any atom is 0.328 e. The van der Waals surface area contributed by atoms with Gasteiger partial charge in [-0.2, -0.15) is 0 Å². The molecule has 0 aromatic heterocycles. The van der Waals surface area contributed by atoms with Crippen molar-refractivity contribution in [3.63, 3.8) is 0 Å². The molecule has 0 aliphatic carbocycles. The minimum absolute atomic E-state index is 0.0741. The zero-order valence-electron chi connectivity index (χ0n) is 21.4. The number of aromatic hydroxyl groups is 1. The van der Waals surface area contributed by atoms with Crippen LogP contribution in [0.1, 0.15) is 63.5 Å². The number of barbiturate groups is 1. The molecule has 0 atom stereocenters. The van der Waals surface area contributed by atoms with Crippen molar-refractivity contribution in [2.24, 2.45) is 16.1 Å². The summed E-state index contributed by atoms with van der Waals surface area (Å²) < 4.78 is 13.5. The van der Waals surface area contributed by atoms with E-state index < -0.39 is 35.0 Å². The first kappa shape index (κ1) is 30.4. The SMILES string of the molecule is CCCCC1(CC)C(=O)NC(=O)NC1=O.NC(=O)CCCN=C(c1ccc(Cl)cc1)c1cc(F)ccc1O. The summed E-state index contributed by atoms with van der Waals surface area (Å²) in [7, 11) is 0. The van der Waals surface area contributed by atoms with Crippen molar-refractivity contribution in [1.29, 1.82) is 0 Å². The molecule has 3 rings (SSSR count). The van der Waals surface area contributed by atoms with Crippen molar-refractivity contribution in [3.05, 3.63) is 64.4 Å². The van der Waals surface area contributed by atoms with Crippen molar-refractivity contribution in [3.8, 4) is 5.75 Å². The van der Waals surface area contributed by atoms with E-state index >= 15 is 0 Å². The molecule has 9 nitrogen and oxygen atoms in total. The van der Waals surface area contributed by atoms with E-state index in [9.17, 15) is 28.7 Å². The fraction of sp³-hybridized carbons (Fsp3) is 0.370. The molecule has 0 saturated carbocycles. The van der Waals surface area contributed by atoms with Crippen LogP contribution in [0.5, 0.6) is 5.75 Å². The number of carbonyl (C=O) groups excluding carboxylic acids is 4. The maximum absolute atomic E-state index is 13.5. The molecule has 38 heavy (non-hydrogen) atoms. The third-order valence-electron chi connectivity index (χ3n) is 6.07. The van der Waals surface area contributed by atoms with Gasteiger partial charge in [0.15, 0.2) is 0 Å². The highest BCUT2D eigenvalue weighted by Gasteiger charge is 2.48. The Morgan fingerprint density at radius 2 is 1.68 bits per heavy atom. The molecule has 2 aromatic carbocycles. The molecular weight excluding hydrogens is 515 g/mol. The fourth-order valence-electron chi connectivity index (χ4n) is 3.87. The lowest BCUT2D eigenvalue weighted by Crippen LogP contribution is -2.62. The van der Waals surface area contributed by atoms with Crippen LogP contribution in [0.25, 0.3) is 0 Å². The van der Waals surface area contributed by atoms with Crippen molar-refractivity contribution in [1.82, 2.24) is 10.6 Å². The van der Waals surface area contributed by atoms with Crippen LogP contribution in [0.2, 0.25) is 5.02 Å². The topological polar surface area (TPSA) is 151 Å². The zero-order chi connectivity index (χ0) is 28.3. The lowest BCUT2D eigenvalue weighted by molar-refractivity contribution is -0.145. The van der Waals surface area contributed by atoms with E-state index in [4.69, 9.17) is 17.3 Å². The Labute approximate surface area is 225 Å². The molecule has 1 fully saturated rings. The third-order valence-corrected chi connectivity index (χ3v) is 6.32. The first-order valence-electron chi connectivity index (χ1n) is 12.3. The lowest BCUT2D eigenvalue weighted by atomic mass is 9.77. The predicted octanol–water partition coefficient (Wildman–Crippen LogP) is 4.23. The quantitative estimate of drug-likeness (QED) is 0.200. The minimum atomic E-state index is -1.05. The summed E-state index contributed by atoms with van der Waals surface area (Å²) in [6, 6.07) is 9.80. The zero-order valence-corrected chi connectivity index (χ0v) is 22.1. The number of hydrogen-bond donors (Lipinski definition) is 4. The van der Waals surface area contributed by atoms with E-state index in [1.165, 1.54) is 18.2 Å². The molecule has 5 amide bonds. The van der Waals surface area contributed by atoms with Gasteiger partial charge in [-0.1, -0.05) is 50.4 Å². The second kappa shape index (κ2) is 14.2. The molecule has 0 unspecified atom stereocenters. The number of urea groups is 1. The van der Waals surface area contributed by atoms with Gasteiger partial charge in [0.1, 0.15) is 17.0 Å². The van der Waals surface area contributed by atoms with Gasteiger partial charge < -0.3 is 10.8 Å². The van der Waals surface area contributed by atoms with Crippen molar-refractivity contribution in [2.75, 3.05) is 6.54 Å². The van der Waals surface area contributed by atoms with Gasteiger partial charge in [-0.15, -0.1) is 0 Å². The summed E-state index contributed by atoms with van der Waals surface area (Å²) in [6.07, 6.45) is 3.30. The Kier molecular flexibility index (Phi) is 11.4. The number of phenolic OH excluding ortho intramolecular Hbond substituents is 1. The first-order chi connectivity index (χ1) is 18.0. The summed E-state index contributed by atoms with van der Waals surface area (Å²) >= 11 is 5.88. The molecule has 0 bridgehead atoms. The summed E-state index contributed by atoms with van der Waals surface area (Å²) in [6.45, 7) is 4.11. The van der Waals surface area contributed by atoms with Gasteiger partial charge >= 0.3 is 6.03 Å². The normalized spacial score (nSPS) is 14.7. The standard InChI is InChI=1S/C17H16ClFN2O2.C10H16N2O3/c18-12-5-3-11(4-6-12)17(21-9-1-2-16(20)23)14-10-13(19)7-8-15(14)22;1-3-5-6-10(4-2)7(13)11-9(15)12-8(10)14/h3-8,10,22H,1-2,9H2,(H2,20,23);3-6H2,1-2H3,(H2,11,12,13,14,15). The molecule has 5 N–H and O–H groups in total. The molecule has 1 saturated heterocycles. The number of carbonyl (C=O) groups is 4. The van der Waals surface area contributed by atoms with Crippen LogP contribution in [0.15, 0.2) is 47.5 Å². The molecule has 0 radical (unpaired) electrons. The van der Waals surface area contributed by atoms with Gasteiger partial charge in [0.25, 0.3) is 0 Å². The Balaban J connectivity index is 0.000000293. The number of rotatable bonds is 10. The summed E-state index contributed by atoms with van der Waals surface area (Å²) in [5, 5.41) is 14.9. The van der Waals surface area contributed by atoms with E-state index in [0.717, 1.165) is 12.8 Å². The highest BCUT2D eigenvalue weighted by molar-refractivity contribution is 6.30. The average molecular weight is 547 g/mol. The molecule has 11 heteroatoms. The highest BCUT2D eigenvalue weighted by Crippen LogP contribution is 2.31. The number of hydrogen-bond acceptors (Lipinski definition) is 6. The van der Waals surface area contributed by atoms with E-state index in [1.807, 2.05) is 6.92 Å². The lowest BCUT2D eigenvalue weighted by Gasteiger charge is -2.32. The summed E-state index contributed by atoms with van der Waals surface area (Å²) in [5.74, 6) is -1.88. The number of nitrogens with one attached hydrogen (secondary N) is 2. The number of phenols is 1. The molecule has 1 heterocycles. The van der Waals surface area contributed by atoms with Gasteiger partial charge in [0.05, 0.1) is 5.71 Å². The molecule has 204 valence electrons. The van der Waals surface area contributed by atoms with Crippen molar-refractivity contribution >= 4 is 41.1 Å². The summed E-state index contributed by atoms with van der Waals surface area (Å²) in [5.41, 5.74) is 5.46. The molecule has 2 aromatic rings. The van der Waals surface area contributed by atoms with Crippen LogP contribution in [-0.4, -0.2) is 41.1 Å². The van der Waals surface area contributed by atoms with Gasteiger partial charge in [-0.05, 0) is 49.6 Å². The van der Waals surface area contributed by atoms with E-state index in [-0.39, 0.29) is 17.7 Å². The Morgan fingerprint density at radius 3 is 2.24 bits per heavy atom. The van der Waals surface area contributed by atoms with Gasteiger partial charge in [-0.25, -0.2) is 9.18 Å². The number of halogens is 2. The average Bonchev–Trinajstić information content (AvgIpc) is 2.87. The van der Waals surface area contributed by atoms with Gasteiger partial charge in [0, 0.05) is 29.1 Å². The predicted molar refractivity (Wildman–Crippen MR) is 142 cm³/mol. The van der Waals surface area contributed by atoms with Crippen LogP contribution < -0.4 is 16.4 Å². The third kappa shape index (κ3) is 8.11. The van der Waals surface area contributed by atoms with Crippen LogP contribution in [0, 0.1) is 11.2 Å². The second-order valence-electron chi connectivity index (χ2n) is 8.75. The van der Waals surface area contributed by atoms with Crippen molar-refractivity contribution in [2.45, 2.75) is 52.4 Å². The van der Waals surface area contributed by atoms with Crippen LogP contribution in [0.3, 0.4) is 0 Å². The van der Waals surface area contributed by atoms with E-state index in [0.29, 0.717) is 42.1 Å². The van der Waals surface area contributed by atoms with Gasteiger partial charge in [0.2, 0.25) is 17.7 Å². The monoisotopic (exact) mass is 546 g/mol. The van der Waals surface area contributed by atoms with Crippen LogP contribution in [-0.2, 0) is 14.4 Å². The van der Waals surface area contributed by atoms with Crippen molar-refractivity contribution < 1.29 is 28.7 Å². The number of benzene rings is 2. The number of primary amides is 1. The van der Waals surface area contributed by atoms with Crippen LogP contribution >= 0.6 is 11.6 Å². The Morgan fingerprint density at radius 1 is 1.05 bits per heavy atom. The second-order valence-corrected chi connectivity index (χ2v) is 9.18. The van der Waals surface area contributed by atoms with E-state index in [1.54, 1.807) is 31.2 Å². The van der Waals surface area contributed by atoms with Crippen LogP contribution in [0.4, 0.5) is 9.18 Å². The fourth-order valence-corrected chi connectivity index (χ4v) is 3.99. The number of unbranched alkanes of at least 4 members (excludes halogenated alkanes) is 1. The largest absolute Gasteiger partial charge is 0.507 e. The highest BCUT2D eigenvalue weighted by atomic mass is 35.5. The van der Waals surface area contributed by atoms with Gasteiger partial charge in [-0.3, -0.25) is 30.0 Å².